The first-order valence-corrected chi connectivity index (χ1v) is 12.8. The van der Waals surface area contributed by atoms with Gasteiger partial charge in [-0.25, -0.2) is 8.78 Å². The lowest BCUT2D eigenvalue weighted by atomic mass is 10.0. The summed E-state index contributed by atoms with van der Waals surface area (Å²) >= 11 is 0. The summed E-state index contributed by atoms with van der Waals surface area (Å²) in [4.78, 5) is 48.7. The van der Waals surface area contributed by atoms with Crippen LogP contribution in [0.25, 0.3) is 11.1 Å². The number of carbonyl (C=O) groups excluding carboxylic acids is 1. The number of carbonyl (C=O) groups is 1. The van der Waals surface area contributed by atoms with Crippen LogP contribution in [0.4, 0.5) is 8.78 Å². The molecule has 0 aliphatic carbocycles. The van der Waals surface area contributed by atoms with Gasteiger partial charge in [0.05, 0.1) is 5.56 Å². The standard InChI is InChI=1S/C19H23F2NO9P2/c20-13-5-6-14(16(21)11-13)12-4-7-17(23)15(10-12)18(24)22-9-3-1-2-8-19(25,32(26,27)28)33(29,30)31/h4-7,10-11,23,25H,1-3,8-9H2,(H,22,24)(H2,26,27,28)(H2,29,30,31). The number of rotatable bonds is 10. The summed E-state index contributed by atoms with van der Waals surface area (Å²) in [5, 5.41) is 18.7. The highest BCUT2D eigenvalue weighted by molar-refractivity contribution is 7.72. The number of hydrogen-bond donors (Lipinski definition) is 7. The van der Waals surface area contributed by atoms with Crippen molar-refractivity contribution in [1.29, 1.82) is 0 Å². The molecule has 2 rings (SSSR count). The van der Waals surface area contributed by atoms with Crippen molar-refractivity contribution >= 4 is 21.1 Å². The van der Waals surface area contributed by atoms with Crippen molar-refractivity contribution in [3.05, 3.63) is 53.6 Å². The number of phenolic OH excluding ortho intramolecular Hbond substituents is 1. The summed E-state index contributed by atoms with van der Waals surface area (Å²) in [6.07, 6.45) is -0.651. The number of benzene rings is 2. The van der Waals surface area contributed by atoms with Gasteiger partial charge in [-0.15, -0.1) is 0 Å². The minimum Gasteiger partial charge on any atom is -0.507 e. The second kappa shape index (κ2) is 10.4. The Labute approximate surface area is 187 Å². The van der Waals surface area contributed by atoms with Gasteiger partial charge in [-0.2, -0.15) is 0 Å². The van der Waals surface area contributed by atoms with Crippen molar-refractivity contribution in [2.75, 3.05) is 6.54 Å². The average molecular weight is 509 g/mol. The molecule has 0 saturated heterocycles. The molecule has 0 unspecified atom stereocenters. The summed E-state index contributed by atoms with van der Waals surface area (Å²) in [5.74, 6) is -2.71. The summed E-state index contributed by atoms with van der Waals surface area (Å²) < 4.78 is 49.7. The minimum absolute atomic E-state index is 0.0213. The average Bonchev–Trinajstić information content (AvgIpc) is 2.69. The number of nitrogens with one attached hydrogen (secondary N) is 1. The largest absolute Gasteiger partial charge is 0.507 e. The first kappa shape index (κ1) is 27.1. The van der Waals surface area contributed by atoms with Gasteiger partial charge in [0.2, 0.25) is 0 Å². The highest BCUT2D eigenvalue weighted by atomic mass is 31.2. The van der Waals surface area contributed by atoms with E-state index >= 15 is 0 Å². The molecular weight excluding hydrogens is 486 g/mol. The molecule has 0 aromatic heterocycles. The highest BCUT2D eigenvalue weighted by Gasteiger charge is 2.58. The van der Waals surface area contributed by atoms with Crippen molar-refractivity contribution in [3.8, 4) is 16.9 Å². The zero-order valence-corrected chi connectivity index (χ0v) is 18.8. The summed E-state index contributed by atoms with van der Waals surface area (Å²) in [5.41, 5.74) is 0.0752. The van der Waals surface area contributed by atoms with Crippen LogP contribution in [-0.4, -0.2) is 47.3 Å². The molecule has 0 spiro atoms. The third-order valence-corrected chi connectivity index (χ3v) is 8.77. The van der Waals surface area contributed by atoms with Crippen molar-refractivity contribution in [1.82, 2.24) is 5.32 Å². The minimum atomic E-state index is -5.52. The van der Waals surface area contributed by atoms with E-state index in [0.717, 1.165) is 6.07 Å². The van der Waals surface area contributed by atoms with Crippen molar-refractivity contribution in [2.45, 2.75) is 30.8 Å². The van der Waals surface area contributed by atoms with Gasteiger partial charge in [0.25, 0.3) is 11.0 Å². The Bertz CT molecular complexity index is 1090. The molecule has 182 valence electrons. The van der Waals surface area contributed by atoms with Gasteiger partial charge in [0.1, 0.15) is 17.4 Å². The van der Waals surface area contributed by atoms with Crippen LogP contribution in [0.1, 0.15) is 36.0 Å². The molecule has 7 N–H and O–H groups in total. The van der Waals surface area contributed by atoms with Gasteiger partial charge in [-0.05, 0) is 49.1 Å². The maximum absolute atomic E-state index is 14.0. The van der Waals surface area contributed by atoms with E-state index in [-0.39, 0.29) is 48.2 Å². The predicted octanol–water partition coefficient (Wildman–Crippen LogP) is 2.63. The smallest absolute Gasteiger partial charge is 0.369 e. The summed E-state index contributed by atoms with van der Waals surface area (Å²) in [6, 6.07) is 6.67. The quantitative estimate of drug-likeness (QED) is 0.187. The topological polar surface area (TPSA) is 185 Å². The molecule has 0 aliphatic heterocycles. The normalized spacial score (nSPS) is 12.6. The fourth-order valence-corrected chi connectivity index (χ4v) is 5.29. The summed E-state index contributed by atoms with van der Waals surface area (Å²) in [7, 11) is -11.0. The lowest BCUT2D eigenvalue weighted by Gasteiger charge is -2.29. The third-order valence-electron chi connectivity index (χ3n) is 4.89. The third kappa shape index (κ3) is 6.45. The molecule has 2 aromatic rings. The van der Waals surface area contributed by atoms with E-state index in [1.165, 1.54) is 24.3 Å². The number of amides is 1. The van der Waals surface area contributed by atoms with Gasteiger partial charge >= 0.3 is 15.2 Å². The van der Waals surface area contributed by atoms with Crippen LogP contribution >= 0.6 is 15.2 Å². The zero-order valence-electron chi connectivity index (χ0n) is 17.1. The second-order valence-electron chi connectivity index (χ2n) is 7.29. The van der Waals surface area contributed by atoms with Gasteiger partial charge < -0.3 is 35.1 Å². The molecule has 0 aliphatic rings. The van der Waals surface area contributed by atoms with Crippen molar-refractivity contribution < 1.29 is 52.5 Å². The van der Waals surface area contributed by atoms with Gasteiger partial charge in [-0.1, -0.05) is 12.5 Å². The Morgan fingerprint density at radius 1 is 0.939 bits per heavy atom. The number of phenols is 1. The maximum atomic E-state index is 14.0. The number of unbranched alkanes of at least 4 members (excludes halogenated alkanes) is 2. The van der Waals surface area contributed by atoms with Crippen LogP contribution in [0.15, 0.2) is 36.4 Å². The van der Waals surface area contributed by atoms with Gasteiger partial charge in [0.15, 0.2) is 0 Å². The molecule has 2 aromatic carbocycles. The summed E-state index contributed by atoms with van der Waals surface area (Å²) in [6.45, 7) is 0.0255. The Balaban J connectivity index is 1.95. The monoisotopic (exact) mass is 509 g/mol. The van der Waals surface area contributed by atoms with Crippen molar-refractivity contribution in [2.24, 2.45) is 0 Å². The first-order chi connectivity index (χ1) is 15.2. The SMILES string of the molecule is O=C(NCCCCCC(O)(P(=O)(O)O)P(=O)(O)O)c1cc(-c2ccc(F)cc2F)ccc1O. The van der Waals surface area contributed by atoms with E-state index in [2.05, 4.69) is 5.32 Å². The number of hydrogen-bond acceptors (Lipinski definition) is 5. The van der Waals surface area contributed by atoms with Crippen LogP contribution in [0.5, 0.6) is 5.75 Å². The van der Waals surface area contributed by atoms with Gasteiger partial charge in [0, 0.05) is 18.2 Å². The van der Waals surface area contributed by atoms with Crippen molar-refractivity contribution in [3.63, 3.8) is 0 Å². The molecular formula is C19H23F2NO9P2. The highest BCUT2D eigenvalue weighted by Crippen LogP contribution is 2.69. The van der Waals surface area contributed by atoms with Crippen LogP contribution in [-0.2, 0) is 9.13 Å². The van der Waals surface area contributed by atoms with E-state index in [9.17, 15) is 32.9 Å². The van der Waals surface area contributed by atoms with E-state index in [0.29, 0.717) is 6.07 Å². The number of aliphatic hydroxyl groups is 1. The molecule has 0 fully saturated rings. The molecule has 33 heavy (non-hydrogen) atoms. The van der Waals surface area contributed by atoms with E-state index in [1.807, 2.05) is 0 Å². The molecule has 0 saturated carbocycles. The van der Waals surface area contributed by atoms with E-state index < -0.39 is 44.2 Å². The second-order valence-corrected chi connectivity index (χ2v) is 11.3. The Hall–Kier alpha value is -2.17. The maximum Gasteiger partial charge on any atom is 0.369 e. The Morgan fingerprint density at radius 2 is 1.58 bits per heavy atom. The number of halogens is 2. The van der Waals surface area contributed by atoms with Crippen LogP contribution in [0.2, 0.25) is 0 Å². The van der Waals surface area contributed by atoms with E-state index in [1.54, 1.807) is 0 Å². The Kier molecular flexibility index (Phi) is 8.53. The lowest BCUT2D eigenvalue weighted by Crippen LogP contribution is -2.28. The zero-order chi connectivity index (χ0) is 25.0. The molecule has 14 heteroatoms. The fraction of sp³-hybridized carbons (Fsp3) is 0.316. The predicted molar refractivity (Wildman–Crippen MR) is 113 cm³/mol. The first-order valence-electron chi connectivity index (χ1n) is 9.57. The number of aromatic hydroxyl groups is 1. The van der Waals surface area contributed by atoms with Crippen LogP contribution in [0.3, 0.4) is 0 Å². The lowest BCUT2D eigenvalue weighted by molar-refractivity contribution is 0.0950. The van der Waals surface area contributed by atoms with E-state index in [4.69, 9.17) is 19.6 Å². The van der Waals surface area contributed by atoms with Crippen LogP contribution in [0, 0.1) is 11.6 Å². The molecule has 0 bridgehead atoms. The fourth-order valence-electron chi connectivity index (χ4n) is 3.03. The molecule has 10 nitrogen and oxygen atoms in total. The molecule has 1 amide bonds. The Morgan fingerprint density at radius 3 is 2.15 bits per heavy atom. The molecule has 0 radical (unpaired) electrons. The van der Waals surface area contributed by atoms with Gasteiger partial charge in [-0.3, -0.25) is 13.9 Å². The molecule has 0 atom stereocenters. The van der Waals surface area contributed by atoms with Crippen LogP contribution < -0.4 is 5.32 Å². The molecule has 0 heterocycles.